The number of carboxylic acids is 1. The van der Waals surface area contributed by atoms with Gasteiger partial charge in [-0.15, -0.1) is 0 Å². The summed E-state index contributed by atoms with van der Waals surface area (Å²) >= 11 is 3.23. The van der Waals surface area contributed by atoms with Crippen molar-refractivity contribution < 1.29 is 19.4 Å². The Morgan fingerprint density at radius 2 is 1.74 bits per heavy atom. The Kier molecular flexibility index (Phi) is 6.83. The Labute approximate surface area is 196 Å². The highest BCUT2D eigenvalue weighted by atomic mass is 79.9. The third-order valence-corrected chi connectivity index (χ3v) is 11.1. The molecule has 4 unspecified atom stereocenters. The monoisotopic (exact) mass is 496 g/mol. The molecule has 0 radical (unpaired) electrons. The highest BCUT2D eigenvalue weighted by Crippen LogP contribution is 2.68. The van der Waals surface area contributed by atoms with Gasteiger partial charge in [-0.25, -0.2) is 0 Å². The largest absolute Gasteiger partial charge is 0.481 e. The molecule has 0 bridgehead atoms. The van der Waals surface area contributed by atoms with Crippen LogP contribution >= 0.6 is 15.9 Å². The number of rotatable bonds is 6. The first-order valence-corrected chi connectivity index (χ1v) is 13.8. The van der Waals surface area contributed by atoms with Crippen LogP contribution in [0.3, 0.4) is 0 Å². The zero-order chi connectivity index (χ0) is 22.4. The van der Waals surface area contributed by atoms with Gasteiger partial charge in [0.25, 0.3) is 0 Å². The van der Waals surface area contributed by atoms with Gasteiger partial charge in [0.1, 0.15) is 11.4 Å². The Morgan fingerprint density at radius 3 is 2.45 bits per heavy atom. The molecular formula is C26H41BrO4. The summed E-state index contributed by atoms with van der Waals surface area (Å²) in [4.78, 5) is 22.9. The van der Waals surface area contributed by atoms with Gasteiger partial charge in [-0.1, -0.05) is 36.7 Å². The zero-order valence-corrected chi connectivity index (χ0v) is 21.2. The van der Waals surface area contributed by atoms with Crippen molar-refractivity contribution in [3.8, 4) is 0 Å². The van der Waals surface area contributed by atoms with E-state index >= 15 is 0 Å². The van der Waals surface area contributed by atoms with Crippen LogP contribution in [0.15, 0.2) is 0 Å². The second-order valence-electron chi connectivity index (χ2n) is 11.8. The summed E-state index contributed by atoms with van der Waals surface area (Å²) in [5.41, 5.74) is 0.791. The maximum absolute atomic E-state index is 11.8. The molecule has 0 spiro atoms. The summed E-state index contributed by atoms with van der Waals surface area (Å²) < 4.78 is 5.71. The number of ether oxygens (including phenoxy) is 1. The Morgan fingerprint density at radius 1 is 1.03 bits per heavy atom. The van der Waals surface area contributed by atoms with Gasteiger partial charge in [-0.05, 0) is 111 Å². The predicted octanol–water partition coefficient (Wildman–Crippen LogP) is 6.45. The number of aliphatic carboxylic acids is 1. The van der Waals surface area contributed by atoms with Crippen LogP contribution in [0.5, 0.6) is 0 Å². The van der Waals surface area contributed by atoms with Crippen LogP contribution < -0.4 is 0 Å². The number of hydrogen-bond acceptors (Lipinski definition) is 3. The first-order chi connectivity index (χ1) is 14.7. The average molecular weight is 498 g/mol. The fourth-order valence-corrected chi connectivity index (χ4v) is 9.20. The topological polar surface area (TPSA) is 63.6 Å². The molecule has 0 aliphatic heterocycles. The van der Waals surface area contributed by atoms with E-state index in [-0.39, 0.29) is 12.1 Å². The number of alkyl halides is 1. The molecule has 0 aromatic heterocycles. The lowest BCUT2D eigenvalue weighted by Crippen LogP contribution is -2.54. The molecule has 1 N–H and O–H groups in total. The number of hydrogen-bond donors (Lipinski definition) is 1. The molecule has 0 heterocycles. The number of halogens is 1. The highest BCUT2D eigenvalue weighted by Gasteiger charge is 2.60. The lowest BCUT2D eigenvalue weighted by Gasteiger charge is -2.61. The first kappa shape index (κ1) is 23.6. The van der Waals surface area contributed by atoms with Crippen LogP contribution in [0.4, 0.5) is 0 Å². The van der Waals surface area contributed by atoms with E-state index in [1.165, 1.54) is 44.9 Å². The Bertz CT molecular complexity index is 695. The molecule has 0 saturated heterocycles. The van der Waals surface area contributed by atoms with E-state index in [0.717, 1.165) is 37.0 Å². The van der Waals surface area contributed by atoms with Gasteiger partial charge in [0, 0.05) is 6.42 Å². The SMILES string of the molecule is C[C@H](CCC(=O)O)C1CC[C@H]2[C@@H]3CC[C@@H]4C[C@H](OC(=O)CBr)CCC4(C)C3CCC12C. The lowest BCUT2D eigenvalue weighted by molar-refractivity contribution is -0.160. The van der Waals surface area contributed by atoms with Crippen LogP contribution in [0.2, 0.25) is 0 Å². The fourth-order valence-electron chi connectivity index (χ4n) is 9.07. The van der Waals surface area contributed by atoms with E-state index in [4.69, 9.17) is 9.84 Å². The molecular weight excluding hydrogens is 456 g/mol. The molecule has 4 aliphatic rings. The molecule has 0 aromatic carbocycles. The van der Waals surface area contributed by atoms with Crippen molar-refractivity contribution in [1.82, 2.24) is 0 Å². The van der Waals surface area contributed by atoms with Crippen molar-refractivity contribution >= 4 is 27.9 Å². The molecule has 176 valence electrons. The number of carbonyl (C=O) groups is 2. The molecule has 4 nitrogen and oxygen atoms in total. The molecule has 5 heteroatoms. The molecule has 4 rings (SSSR count). The third-order valence-electron chi connectivity index (χ3n) is 10.6. The van der Waals surface area contributed by atoms with Crippen molar-refractivity contribution in [2.45, 2.75) is 97.5 Å². The molecule has 4 saturated carbocycles. The standard InChI is InChI=1S/C26H41BrO4/c1-16(4-9-23(28)29)20-7-8-21-19-6-5-17-14-18(31-24(30)15-27)10-12-25(17,2)22(19)11-13-26(20,21)3/h16-22H,4-15H2,1-3H3,(H,28,29)/t16-,17-,18-,19+,20?,21+,22?,25?,26?/m1/s1. The zero-order valence-electron chi connectivity index (χ0n) is 19.6. The minimum Gasteiger partial charge on any atom is -0.481 e. The van der Waals surface area contributed by atoms with E-state index in [9.17, 15) is 9.59 Å². The van der Waals surface area contributed by atoms with Gasteiger partial charge in [-0.2, -0.15) is 0 Å². The Balaban J connectivity index is 1.45. The maximum atomic E-state index is 11.8. The van der Waals surface area contributed by atoms with Crippen molar-refractivity contribution in [2.24, 2.45) is 46.3 Å². The van der Waals surface area contributed by atoms with Crippen LogP contribution in [-0.2, 0) is 14.3 Å². The highest BCUT2D eigenvalue weighted by molar-refractivity contribution is 9.09. The molecule has 0 amide bonds. The van der Waals surface area contributed by atoms with Crippen LogP contribution in [0, 0.1) is 46.3 Å². The quantitative estimate of drug-likeness (QED) is 0.338. The lowest BCUT2D eigenvalue weighted by atomic mass is 9.44. The Hall–Kier alpha value is -0.580. The minimum atomic E-state index is -0.654. The van der Waals surface area contributed by atoms with Crippen molar-refractivity contribution in [3.63, 3.8) is 0 Å². The van der Waals surface area contributed by atoms with Crippen molar-refractivity contribution in [2.75, 3.05) is 5.33 Å². The number of esters is 1. The summed E-state index contributed by atoms with van der Waals surface area (Å²) in [6, 6.07) is 0. The fraction of sp³-hybridized carbons (Fsp3) is 0.923. The first-order valence-electron chi connectivity index (χ1n) is 12.7. The number of carbonyl (C=O) groups excluding carboxylic acids is 1. The van der Waals surface area contributed by atoms with Gasteiger partial charge in [0.15, 0.2) is 0 Å². The molecule has 4 fully saturated rings. The van der Waals surface area contributed by atoms with Gasteiger partial charge in [0.05, 0.1) is 0 Å². The summed E-state index contributed by atoms with van der Waals surface area (Å²) in [6.45, 7) is 7.41. The van der Waals surface area contributed by atoms with Gasteiger partial charge in [0.2, 0.25) is 0 Å². The second-order valence-corrected chi connectivity index (χ2v) is 12.4. The summed E-state index contributed by atoms with van der Waals surface area (Å²) in [7, 11) is 0. The summed E-state index contributed by atoms with van der Waals surface area (Å²) in [6.07, 6.45) is 12.4. The molecule has 9 atom stereocenters. The normalized spacial score (nSPS) is 45.2. The smallest absolute Gasteiger partial charge is 0.316 e. The third kappa shape index (κ3) is 4.22. The summed E-state index contributed by atoms with van der Waals surface area (Å²) in [5, 5.41) is 9.44. The summed E-state index contributed by atoms with van der Waals surface area (Å²) in [5.74, 6) is 3.56. The molecule has 0 aromatic rings. The molecule has 4 aliphatic carbocycles. The number of fused-ring (bicyclic) bond motifs is 5. The maximum Gasteiger partial charge on any atom is 0.316 e. The van der Waals surface area contributed by atoms with Gasteiger partial charge < -0.3 is 9.84 Å². The van der Waals surface area contributed by atoms with E-state index in [0.29, 0.717) is 40.3 Å². The number of carboxylic acid groups (broad SMARTS) is 1. The molecule has 31 heavy (non-hydrogen) atoms. The van der Waals surface area contributed by atoms with E-state index in [1.54, 1.807) is 0 Å². The van der Waals surface area contributed by atoms with Crippen LogP contribution in [0.25, 0.3) is 0 Å². The van der Waals surface area contributed by atoms with Crippen molar-refractivity contribution in [1.29, 1.82) is 0 Å². The van der Waals surface area contributed by atoms with Crippen LogP contribution in [0.1, 0.15) is 91.4 Å². The predicted molar refractivity (Wildman–Crippen MR) is 125 cm³/mol. The average Bonchev–Trinajstić information content (AvgIpc) is 3.09. The van der Waals surface area contributed by atoms with E-state index < -0.39 is 5.97 Å². The minimum absolute atomic E-state index is 0.111. The van der Waals surface area contributed by atoms with Gasteiger partial charge in [-0.3, -0.25) is 9.59 Å². The van der Waals surface area contributed by atoms with E-state index in [2.05, 4.69) is 36.7 Å². The van der Waals surface area contributed by atoms with Crippen LogP contribution in [-0.4, -0.2) is 28.5 Å². The van der Waals surface area contributed by atoms with E-state index in [1.807, 2.05) is 0 Å². The second kappa shape index (κ2) is 8.99. The van der Waals surface area contributed by atoms with Gasteiger partial charge >= 0.3 is 11.9 Å². The van der Waals surface area contributed by atoms with Crippen molar-refractivity contribution in [3.05, 3.63) is 0 Å².